The van der Waals surface area contributed by atoms with Crippen LogP contribution in [0.4, 0.5) is 0 Å². The molecule has 0 atom stereocenters. The van der Waals surface area contributed by atoms with Gasteiger partial charge in [-0.3, -0.25) is 4.79 Å². The molecule has 0 aliphatic heterocycles. The molecule has 2 rings (SSSR count). The van der Waals surface area contributed by atoms with Gasteiger partial charge in [-0.2, -0.15) is 5.10 Å². The lowest BCUT2D eigenvalue weighted by atomic mass is 10.2. The number of carbonyl (C=O) groups excluding carboxylic acids is 1. The van der Waals surface area contributed by atoms with Gasteiger partial charge in [0.1, 0.15) is 0 Å². The Hall–Kier alpha value is -2.18. The van der Waals surface area contributed by atoms with E-state index in [9.17, 15) is 4.79 Å². The first-order valence-electron chi connectivity index (χ1n) is 7.31. The van der Waals surface area contributed by atoms with Gasteiger partial charge in [0.25, 0.3) is 5.91 Å². The van der Waals surface area contributed by atoms with Gasteiger partial charge in [-0.25, -0.2) is 4.68 Å². The molecular formula is C16H22N4O2. The van der Waals surface area contributed by atoms with Crippen molar-refractivity contribution >= 4 is 5.91 Å². The van der Waals surface area contributed by atoms with Gasteiger partial charge in [0.2, 0.25) is 0 Å². The predicted molar refractivity (Wildman–Crippen MR) is 85.4 cm³/mol. The molecule has 1 amide bonds. The second-order valence-electron chi connectivity index (χ2n) is 4.96. The van der Waals surface area contributed by atoms with E-state index in [2.05, 4.69) is 15.7 Å². The number of ether oxygens (including phenoxy) is 1. The molecule has 1 aromatic heterocycles. The molecule has 1 aromatic carbocycles. The van der Waals surface area contributed by atoms with Crippen molar-refractivity contribution in [3.05, 3.63) is 47.8 Å². The number of nitrogens with one attached hydrogen (secondary N) is 2. The first kappa shape index (κ1) is 16.2. The lowest BCUT2D eigenvalue weighted by Crippen LogP contribution is -2.32. The molecule has 0 saturated heterocycles. The van der Waals surface area contributed by atoms with Crippen LogP contribution in [0, 0.1) is 6.92 Å². The number of hydrogen-bond donors (Lipinski definition) is 2. The number of amides is 1. The van der Waals surface area contributed by atoms with Crippen LogP contribution in [0.5, 0.6) is 0 Å². The van der Waals surface area contributed by atoms with Gasteiger partial charge in [0.15, 0.2) is 0 Å². The Morgan fingerprint density at radius 2 is 2.09 bits per heavy atom. The first-order valence-corrected chi connectivity index (χ1v) is 7.31. The number of methoxy groups -OCH3 is 1. The van der Waals surface area contributed by atoms with Crippen LogP contribution in [0.25, 0.3) is 5.69 Å². The summed E-state index contributed by atoms with van der Waals surface area (Å²) in [6, 6.07) is 7.92. The monoisotopic (exact) mass is 302 g/mol. The maximum absolute atomic E-state index is 12.0. The lowest BCUT2D eigenvalue weighted by Gasteiger charge is -2.06. The Balaban J connectivity index is 1.86. The highest BCUT2D eigenvalue weighted by atomic mass is 16.5. The molecule has 0 fully saturated rings. The summed E-state index contributed by atoms with van der Waals surface area (Å²) in [5, 5.41) is 10.3. The third-order valence-electron chi connectivity index (χ3n) is 3.28. The van der Waals surface area contributed by atoms with Crippen LogP contribution in [-0.2, 0) is 4.74 Å². The summed E-state index contributed by atoms with van der Waals surface area (Å²) in [6.07, 6.45) is 3.33. The fraction of sp³-hybridized carbons (Fsp3) is 0.375. The molecule has 6 heteroatoms. The van der Waals surface area contributed by atoms with Crippen LogP contribution in [-0.4, -0.2) is 49.0 Å². The summed E-state index contributed by atoms with van der Waals surface area (Å²) in [6.45, 7) is 4.73. The zero-order chi connectivity index (χ0) is 15.8. The van der Waals surface area contributed by atoms with Crippen LogP contribution >= 0.6 is 0 Å². The highest BCUT2D eigenvalue weighted by Crippen LogP contribution is 2.12. The first-order chi connectivity index (χ1) is 10.7. The van der Waals surface area contributed by atoms with E-state index in [0.717, 1.165) is 17.8 Å². The number of carbonyl (C=O) groups is 1. The number of aromatic nitrogens is 2. The summed E-state index contributed by atoms with van der Waals surface area (Å²) in [4.78, 5) is 12.0. The summed E-state index contributed by atoms with van der Waals surface area (Å²) < 4.78 is 6.66. The number of benzene rings is 1. The minimum atomic E-state index is -0.117. The van der Waals surface area contributed by atoms with E-state index in [1.807, 2.05) is 31.2 Å². The molecule has 0 aliphatic carbocycles. The Labute approximate surface area is 130 Å². The molecule has 22 heavy (non-hydrogen) atoms. The fourth-order valence-electron chi connectivity index (χ4n) is 2.06. The summed E-state index contributed by atoms with van der Waals surface area (Å²) in [7, 11) is 1.66. The number of nitrogens with zero attached hydrogens (tertiary/aromatic N) is 2. The van der Waals surface area contributed by atoms with Crippen LogP contribution < -0.4 is 10.6 Å². The van der Waals surface area contributed by atoms with Crippen molar-refractivity contribution in [1.29, 1.82) is 0 Å². The van der Waals surface area contributed by atoms with Crippen molar-refractivity contribution in [1.82, 2.24) is 20.4 Å². The lowest BCUT2D eigenvalue weighted by molar-refractivity contribution is 0.0953. The summed E-state index contributed by atoms with van der Waals surface area (Å²) in [5.41, 5.74) is 2.64. The van der Waals surface area contributed by atoms with Gasteiger partial charge in [-0.15, -0.1) is 0 Å². The Morgan fingerprint density at radius 1 is 1.27 bits per heavy atom. The summed E-state index contributed by atoms with van der Waals surface area (Å²) in [5.74, 6) is -0.117. The predicted octanol–water partition coefficient (Wildman–Crippen LogP) is 1.15. The molecule has 0 saturated carbocycles. The van der Waals surface area contributed by atoms with E-state index >= 15 is 0 Å². The smallest absolute Gasteiger partial charge is 0.254 e. The molecule has 0 unspecified atom stereocenters. The van der Waals surface area contributed by atoms with Crippen LogP contribution in [0.1, 0.15) is 15.9 Å². The highest BCUT2D eigenvalue weighted by molar-refractivity contribution is 5.93. The van der Waals surface area contributed by atoms with E-state index in [-0.39, 0.29) is 5.91 Å². The zero-order valence-electron chi connectivity index (χ0n) is 13.0. The van der Waals surface area contributed by atoms with Crippen molar-refractivity contribution in [2.45, 2.75) is 6.92 Å². The second-order valence-corrected chi connectivity index (χ2v) is 4.96. The molecule has 0 bridgehead atoms. The van der Waals surface area contributed by atoms with Crippen molar-refractivity contribution in [2.75, 3.05) is 33.4 Å². The Morgan fingerprint density at radius 3 is 2.86 bits per heavy atom. The van der Waals surface area contributed by atoms with E-state index in [0.29, 0.717) is 25.3 Å². The molecule has 0 spiro atoms. The quantitative estimate of drug-likeness (QED) is 0.718. The van der Waals surface area contributed by atoms with Gasteiger partial charge in [-0.05, 0) is 18.6 Å². The van der Waals surface area contributed by atoms with E-state index in [1.165, 1.54) is 0 Å². The van der Waals surface area contributed by atoms with Gasteiger partial charge in [-0.1, -0.05) is 18.2 Å². The minimum absolute atomic E-state index is 0.117. The van der Waals surface area contributed by atoms with Crippen molar-refractivity contribution in [3.8, 4) is 5.69 Å². The third-order valence-corrected chi connectivity index (χ3v) is 3.28. The van der Waals surface area contributed by atoms with E-state index in [4.69, 9.17) is 4.74 Å². The van der Waals surface area contributed by atoms with Crippen LogP contribution in [0.15, 0.2) is 36.7 Å². The largest absolute Gasteiger partial charge is 0.383 e. The number of aryl methyl sites for hydroxylation is 1. The summed E-state index contributed by atoms with van der Waals surface area (Å²) >= 11 is 0. The standard InChI is InChI=1S/C16H22N4O2/c1-13-5-3-4-6-15(13)20-12-14(11-19-20)16(21)18-8-7-17-9-10-22-2/h3-6,11-12,17H,7-10H2,1-2H3,(H,18,21). The molecule has 2 N–H and O–H groups in total. The maximum atomic E-state index is 12.0. The molecular weight excluding hydrogens is 280 g/mol. The van der Waals surface area contributed by atoms with E-state index < -0.39 is 0 Å². The van der Waals surface area contributed by atoms with Crippen molar-refractivity contribution in [3.63, 3.8) is 0 Å². The van der Waals surface area contributed by atoms with Crippen LogP contribution in [0.3, 0.4) is 0 Å². The third kappa shape index (κ3) is 4.41. The molecule has 1 heterocycles. The molecule has 2 aromatic rings. The van der Waals surface area contributed by atoms with Crippen LogP contribution in [0.2, 0.25) is 0 Å². The average Bonchev–Trinajstić information content (AvgIpc) is 3.01. The normalized spacial score (nSPS) is 10.6. The Bertz CT molecular complexity index is 610. The van der Waals surface area contributed by atoms with Gasteiger partial charge in [0.05, 0.1) is 24.1 Å². The van der Waals surface area contributed by atoms with Crippen molar-refractivity contribution < 1.29 is 9.53 Å². The fourth-order valence-corrected chi connectivity index (χ4v) is 2.06. The van der Waals surface area contributed by atoms with Gasteiger partial charge in [0, 0.05) is 32.9 Å². The highest BCUT2D eigenvalue weighted by Gasteiger charge is 2.09. The average molecular weight is 302 g/mol. The number of para-hydroxylation sites is 1. The van der Waals surface area contributed by atoms with E-state index in [1.54, 1.807) is 24.2 Å². The molecule has 0 radical (unpaired) electrons. The van der Waals surface area contributed by atoms with Crippen molar-refractivity contribution in [2.24, 2.45) is 0 Å². The molecule has 0 aliphatic rings. The number of rotatable bonds is 8. The van der Waals surface area contributed by atoms with Gasteiger partial charge < -0.3 is 15.4 Å². The Kier molecular flexibility index (Phi) is 6.12. The molecule has 6 nitrogen and oxygen atoms in total. The SMILES string of the molecule is COCCNCCNC(=O)c1cnn(-c2ccccc2C)c1. The van der Waals surface area contributed by atoms with Gasteiger partial charge >= 0.3 is 0 Å². The minimum Gasteiger partial charge on any atom is -0.383 e. The topological polar surface area (TPSA) is 68.2 Å². The second kappa shape index (κ2) is 8.31. The maximum Gasteiger partial charge on any atom is 0.254 e. The zero-order valence-corrected chi connectivity index (χ0v) is 13.0. The number of hydrogen-bond acceptors (Lipinski definition) is 4. The molecule has 118 valence electrons.